The standard InChI is InChI=1S/C8H7BrN2S/c1-4-2-5(10)7-6(3-4)12-8(9)11-7/h2-3H,10H2,1H3. The van der Waals surface area contributed by atoms with Gasteiger partial charge in [-0.05, 0) is 40.5 Å². The van der Waals surface area contributed by atoms with Gasteiger partial charge in [-0.3, -0.25) is 0 Å². The number of rotatable bonds is 0. The molecule has 1 aromatic heterocycles. The number of anilines is 1. The zero-order valence-electron chi connectivity index (χ0n) is 6.47. The van der Waals surface area contributed by atoms with Gasteiger partial charge in [-0.1, -0.05) is 0 Å². The lowest BCUT2D eigenvalue weighted by Crippen LogP contribution is -1.86. The minimum Gasteiger partial charge on any atom is -0.397 e. The smallest absolute Gasteiger partial charge is 0.160 e. The first kappa shape index (κ1) is 8.01. The van der Waals surface area contributed by atoms with E-state index in [9.17, 15) is 0 Å². The Morgan fingerprint density at radius 1 is 1.50 bits per heavy atom. The van der Waals surface area contributed by atoms with Crippen LogP contribution in [-0.4, -0.2) is 4.98 Å². The van der Waals surface area contributed by atoms with E-state index in [4.69, 9.17) is 5.73 Å². The summed E-state index contributed by atoms with van der Waals surface area (Å²) in [5, 5.41) is 0. The van der Waals surface area contributed by atoms with Gasteiger partial charge >= 0.3 is 0 Å². The first-order chi connectivity index (χ1) is 5.66. The number of benzene rings is 1. The SMILES string of the molecule is Cc1cc(N)c2nc(Br)sc2c1. The number of nitrogens with two attached hydrogens (primary N) is 1. The van der Waals surface area contributed by atoms with E-state index in [0.717, 1.165) is 19.8 Å². The molecule has 0 aliphatic heterocycles. The van der Waals surface area contributed by atoms with Gasteiger partial charge < -0.3 is 5.73 Å². The van der Waals surface area contributed by atoms with Crippen LogP contribution in [0.15, 0.2) is 16.0 Å². The van der Waals surface area contributed by atoms with Crippen LogP contribution in [0.3, 0.4) is 0 Å². The van der Waals surface area contributed by atoms with Crippen molar-refractivity contribution >= 4 is 43.2 Å². The summed E-state index contributed by atoms with van der Waals surface area (Å²) in [4.78, 5) is 4.26. The Hall–Kier alpha value is -0.610. The molecule has 0 unspecified atom stereocenters. The highest BCUT2D eigenvalue weighted by Crippen LogP contribution is 2.30. The number of aryl methyl sites for hydroxylation is 1. The third-order valence-electron chi connectivity index (χ3n) is 1.64. The van der Waals surface area contributed by atoms with Gasteiger partial charge in [-0.2, -0.15) is 0 Å². The van der Waals surface area contributed by atoms with E-state index in [1.165, 1.54) is 5.56 Å². The van der Waals surface area contributed by atoms with Crippen molar-refractivity contribution in [1.82, 2.24) is 4.98 Å². The molecule has 1 aromatic carbocycles. The zero-order chi connectivity index (χ0) is 8.72. The summed E-state index contributed by atoms with van der Waals surface area (Å²) in [7, 11) is 0. The van der Waals surface area contributed by atoms with Crippen LogP contribution in [0.4, 0.5) is 5.69 Å². The molecule has 0 aliphatic carbocycles. The zero-order valence-corrected chi connectivity index (χ0v) is 8.87. The predicted octanol–water partition coefficient (Wildman–Crippen LogP) is 2.95. The summed E-state index contributed by atoms with van der Waals surface area (Å²) in [6, 6.07) is 4.03. The van der Waals surface area contributed by atoms with Crippen LogP contribution in [0.1, 0.15) is 5.56 Å². The average Bonchev–Trinajstić information content (AvgIpc) is 2.29. The fourth-order valence-electron chi connectivity index (χ4n) is 1.17. The van der Waals surface area contributed by atoms with Gasteiger partial charge in [0.15, 0.2) is 3.92 Å². The highest BCUT2D eigenvalue weighted by atomic mass is 79.9. The summed E-state index contributed by atoms with van der Waals surface area (Å²) in [6.07, 6.45) is 0. The largest absolute Gasteiger partial charge is 0.397 e. The Balaban J connectivity index is 2.88. The summed E-state index contributed by atoms with van der Waals surface area (Å²) in [6.45, 7) is 2.03. The van der Waals surface area contributed by atoms with Crippen LogP contribution in [0.5, 0.6) is 0 Å². The van der Waals surface area contributed by atoms with Crippen molar-refractivity contribution in [2.24, 2.45) is 0 Å². The Morgan fingerprint density at radius 3 is 3.00 bits per heavy atom. The molecule has 0 fully saturated rings. The molecule has 0 saturated heterocycles. The fourth-order valence-corrected chi connectivity index (χ4v) is 2.70. The summed E-state index contributed by atoms with van der Waals surface area (Å²) >= 11 is 4.94. The predicted molar refractivity (Wildman–Crippen MR) is 56.5 cm³/mol. The number of fused-ring (bicyclic) bond motifs is 1. The van der Waals surface area contributed by atoms with Gasteiger partial charge in [0.05, 0.1) is 10.4 Å². The van der Waals surface area contributed by atoms with E-state index < -0.39 is 0 Å². The first-order valence-corrected chi connectivity index (χ1v) is 5.10. The van der Waals surface area contributed by atoms with Crippen molar-refractivity contribution in [3.05, 3.63) is 21.6 Å². The molecule has 12 heavy (non-hydrogen) atoms. The molecule has 0 saturated carbocycles. The number of thiazole rings is 1. The topological polar surface area (TPSA) is 38.9 Å². The number of aromatic nitrogens is 1. The Kier molecular flexibility index (Phi) is 1.81. The Labute approximate surface area is 82.5 Å². The molecule has 2 aromatic rings. The second kappa shape index (κ2) is 2.71. The normalized spacial score (nSPS) is 10.8. The summed E-state index contributed by atoms with van der Waals surface area (Å²) in [5.41, 5.74) is 8.63. The number of hydrogen-bond donors (Lipinski definition) is 1. The van der Waals surface area contributed by atoms with Gasteiger partial charge in [-0.25, -0.2) is 4.98 Å². The molecule has 0 atom stereocenters. The monoisotopic (exact) mass is 242 g/mol. The molecule has 0 spiro atoms. The van der Waals surface area contributed by atoms with Crippen LogP contribution in [-0.2, 0) is 0 Å². The van der Waals surface area contributed by atoms with Crippen molar-refractivity contribution in [3.63, 3.8) is 0 Å². The van der Waals surface area contributed by atoms with Gasteiger partial charge in [0.1, 0.15) is 5.52 Å². The van der Waals surface area contributed by atoms with Crippen molar-refractivity contribution in [2.45, 2.75) is 6.92 Å². The number of halogens is 1. The molecule has 2 rings (SSSR count). The van der Waals surface area contributed by atoms with E-state index in [1.807, 2.05) is 13.0 Å². The molecule has 2 nitrogen and oxygen atoms in total. The lowest BCUT2D eigenvalue weighted by atomic mass is 10.2. The highest BCUT2D eigenvalue weighted by Gasteiger charge is 2.04. The second-order valence-electron chi connectivity index (χ2n) is 2.67. The highest BCUT2D eigenvalue weighted by molar-refractivity contribution is 9.11. The maximum atomic E-state index is 5.79. The van der Waals surface area contributed by atoms with Gasteiger partial charge in [0, 0.05) is 0 Å². The number of hydrogen-bond acceptors (Lipinski definition) is 3. The van der Waals surface area contributed by atoms with Crippen molar-refractivity contribution < 1.29 is 0 Å². The van der Waals surface area contributed by atoms with Crippen LogP contribution < -0.4 is 5.73 Å². The van der Waals surface area contributed by atoms with Crippen LogP contribution in [0.2, 0.25) is 0 Å². The summed E-state index contributed by atoms with van der Waals surface area (Å²) in [5.74, 6) is 0. The lowest BCUT2D eigenvalue weighted by molar-refractivity contribution is 1.43. The van der Waals surface area contributed by atoms with Gasteiger partial charge in [-0.15, -0.1) is 11.3 Å². The van der Waals surface area contributed by atoms with Gasteiger partial charge in [0.25, 0.3) is 0 Å². The van der Waals surface area contributed by atoms with E-state index in [-0.39, 0.29) is 0 Å². The maximum absolute atomic E-state index is 5.79. The van der Waals surface area contributed by atoms with Gasteiger partial charge in [0.2, 0.25) is 0 Å². The molecular weight excluding hydrogens is 236 g/mol. The van der Waals surface area contributed by atoms with Crippen LogP contribution >= 0.6 is 27.3 Å². The molecule has 0 aliphatic rings. The molecule has 4 heteroatoms. The average molecular weight is 243 g/mol. The second-order valence-corrected chi connectivity index (χ2v) is 4.97. The molecule has 0 bridgehead atoms. The number of nitrogens with zero attached hydrogens (tertiary/aromatic N) is 1. The number of nitrogen functional groups attached to an aromatic ring is 1. The van der Waals surface area contributed by atoms with Crippen molar-refractivity contribution in [2.75, 3.05) is 5.73 Å². The molecule has 0 radical (unpaired) electrons. The third-order valence-corrected chi connectivity index (χ3v) is 3.10. The molecule has 62 valence electrons. The quantitative estimate of drug-likeness (QED) is 0.722. The third kappa shape index (κ3) is 1.21. The lowest BCUT2D eigenvalue weighted by Gasteiger charge is -1.95. The Morgan fingerprint density at radius 2 is 2.25 bits per heavy atom. The maximum Gasteiger partial charge on any atom is 0.160 e. The molecule has 0 amide bonds. The van der Waals surface area contributed by atoms with E-state index in [0.29, 0.717) is 0 Å². The van der Waals surface area contributed by atoms with E-state index in [1.54, 1.807) is 11.3 Å². The molecule has 2 N–H and O–H groups in total. The first-order valence-electron chi connectivity index (χ1n) is 3.49. The molecular formula is C8H7BrN2S. The van der Waals surface area contributed by atoms with Crippen molar-refractivity contribution in [3.8, 4) is 0 Å². The van der Waals surface area contributed by atoms with Crippen molar-refractivity contribution in [1.29, 1.82) is 0 Å². The van der Waals surface area contributed by atoms with Crippen LogP contribution in [0.25, 0.3) is 10.2 Å². The Bertz CT molecular complexity index is 436. The minimum absolute atomic E-state index is 0.756. The van der Waals surface area contributed by atoms with E-state index >= 15 is 0 Å². The van der Waals surface area contributed by atoms with E-state index in [2.05, 4.69) is 27.0 Å². The minimum atomic E-state index is 0.756. The molecule has 1 heterocycles. The summed E-state index contributed by atoms with van der Waals surface area (Å²) < 4.78 is 2.02. The fraction of sp³-hybridized carbons (Fsp3) is 0.125. The van der Waals surface area contributed by atoms with Crippen LogP contribution in [0, 0.1) is 6.92 Å².